The molecule has 0 aliphatic rings. The molecule has 0 aromatic rings. The maximum absolute atomic E-state index is 5.80. The van der Waals surface area contributed by atoms with Crippen molar-refractivity contribution in [3.63, 3.8) is 0 Å². The minimum absolute atomic E-state index is 0.243. The Morgan fingerprint density at radius 1 is 1.07 bits per heavy atom. The van der Waals surface area contributed by atoms with E-state index in [0.717, 1.165) is 32.7 Å². The maximum atomic E-state index is 5.80. The van der Waals surface area contributed by atoms with Crippen LogP contribution in [0.15, 0.2) is 0 Å². The van der Waals surface area contributed by atoms with Gasteiger partial charge in [0.2, 0.25) is 0 Å². The Bertz CT molecular complexity index is 135. The van der Waals surface area contributed by atoms with Crippen molar-refractivity contribution in [1.82, 2.24) is 4.90 Å². The molecule has 0 saturated carbocycles. The molecular formula is C11H26N2O2. The minimum Gasteiger partial charge on any atom is -0.383 e. The van der Waals surface area contributed by atoms with Crippen LogP contribution in [0.3, 0.4) is 0 Å². The van der Waals surface area contributed by atoms with Gasteiger partial charge < -0.3 is 15.2 Å². The summed E-state index contributed by atoms with van der Waals surface area (Å²) >= 11 is 0. The lowest BCUT2D eigenvalue weighted by atomic mass is 10.1. The van der Waals surface area contributed by atoms with Gasteiger partial charge in [-0.3, -0.25) is 4.90 Å². The predicted molar refractivity (Wildman–Crippen MR) is 63.1 cm³/mol. The van der Waals surface area contributed by atoms with Crippen LogP contribution >= 0.6 is 0 Å². The highest BCUT2D eigenvalue weighted by atomic mass is 16.5. The summed E-state index contributed by atoms with van der Waals surface area (Å²) in [5.41, 5.74) is 5.80. The van der Waals surface area contributed by atoms with Gasteiger partial charge in [-0.25, -0.2) is 0 Å². The molecular weight excluding hydrogens is 192 g/mol. The largest absolute Gasteiger partial charge is 0.383 e. The van der Waals surface area contributed by atoms with E-state index in [1.165, 1.54) is 0 Å². The molecule has 4 nitrogen and oxygen atoms in total. The molecule has 15 heavy (non-hydrogen) atoms. The summed E-state index contributed by atoms with van der Waals surface area (Å²) in [4.78, 5) is 2.36. The molecule has 0 aliphatic heterocycles. The molecule has 0 heterocycles. The maximum Gasteiger partial charge on any atom is 0.0589 e. The van der Waals surface area contributed by atoms with E-state index in [1.807, 2.05) is 6.92 Å². The van der Waals surface area contributed by atoms with Gasteiger partial charge in [0.25, 0.3) is 0 Å². The molecule has 0 aromatic heterocycles. The van der Waals surface area contributed by atoms with Crippen LogP contribution in [0.5, 0.6) is 0 Å². The van der Waals surface area contributed by atoms with E-state index in [4.69, 9.17) is 15.2 Å². The fraction of sp³-hybridized carbons (Fsp3) is 1.00. The van der Waals surface area contributed by atoms with Crippen LogP contribution in [-0.2, 0) is 9.47 Å². The third-order valence-corrected chi connectivity index (χ3v) is 2.50. The Hall–Kier alpha value is -0.160. The van der Waals surface area contributed by atoms with E-state index in [0.29, 0.717) is 6.04 Å². The fourth-order valence-electron chi connectivity index (χ4n) is 1.66. The average molecular weight is 218 g/mol. The van der Waals surface area contributed by atoms with Gasteiger partial charge in [-0.1, -0.05) is 0 Å². The van der Waals surface area contributed by atoms with Crippen molar-refractivity contribution in [2.24, 2.45) is 5.73 Å². The Balaban J connectivity index is 3.95. The quantitative estimate of drug-likeness (QED) is 0.619. The van der Waals surface area contributed by atoms with Gasteiger partial charge in [-0.05, 0) is 20.3 Å². The smallest absolute Gasteiger partial charge is 0.0589 e. The molecule has 0 fully saturated rings. The van der Waals surface area contributed by atoms with E-state index >= 15 is 0 Å². The van der Waals surface area contributed by atoms with Crippen LogP contribution in [0, 0.1) is 0 Å². The zero-order chi connectivity index (χ0) is 11.7. The topological polar surface area (TPSA) is 47.7 Å². The number of methoxy groups -OCH3 is 2. The summed E-state index contributed by atoms with van der Waals surface area (Å²) in [5.74, 6) is 0. The Labute approximate surface area is 93.7 Å². The first-order chi connectivity index (χ1) is 7.11. The van der Waals surface area contributed by atoms with E-state index in [1.54, 1.807) is 14.2 Å². The van der Waals surface area contributed by atoms with Crippen molar-refractivity contribution in [2.45, 2.75) is 32.4 Å². The highest BCUT2D eigenvalue weighted by molar-refractivity contribution is 4.71. The lowest BCUT2D eigenvalue weighted by Gasteiger charge is -2.29. The van der Waals surface area contributed by atoms with E-state index in [9.17, 15) is 0 Å². The molecule has 0 rings (SSSR count). The van der Waals surface area contributed by atoms with Crippen LogP contribution < -0.4 is 5.73 Å². The molecule has 0 aromatic carbocycles. The van der Waals surface area contributed by atoms with Crippen LogP contribution in [0.2, 0.25) is 0 Å². The molecule has 2 atom stereocenters. The van der Waals surface area contributed by atoms with Crippen LogP contribution in [-0.4, -0.2) is 57.5 Å². The summed E-state index contributed by atoms with van der Waals surface area (Å²) in [7, 11) is 3.45. The first kappa shape index (κ1) is 14.8. The third kappa shape index (κ3) is 7.73. The van der Waals surface area contributed by atoms with Crippen LogP contribution in [0.4, 0.5) is 0 Å². The first-order valence-electron chi connectivity index (χ1n) is 5.59. The van der Waals surface area contributed by atoms with Gasteiger partial charge in [-0.15, -0.1) is 0 Å². The molecule has 0 amide bonds. The summed E-state index contributed by atoms with van der Waals surface area (Å²) < 4.78 is 10.2. The fourth-order valence-corrected chi connectivity index (χ4v) is 1.66. The minimum atomic E-state index is 0.243. The molecule has 2 unspecified atom stereocenters. The highest BCUT2D eigenvalue weighted by Gasteiger charge is 2.14. The van der Waals surface area contributed by atoms with E-state index in [-0.39, 0.29) is 6.04 Å². The zero-order valence-electron chi connectivity index (χ0n) is 10.5. The molecule has 0 bridgehead atoms. The molecule has 4 heteroatoms. The van der Waals surface area contributed by atoms with Crippen molar-refractivity contribution >= 4 is 0 Å². The van der Waals surface area contributed by atoms with Gasteiger partial charge >= 0.3 is 0 Å². The van der Waals surface area contributed by atoms with Crippen molar-refractivity contribution in [3.05, 3.63) is 0 Å². The van der Waals surface area contributed by atoms with Gasteiger partial charge in [0, 0.05) is 39.4 Å². The molecule has 0 saturated heterocycles. The van der Waals surface area contributed by atoms with Gasteiger partial charge in [0.1, 0.15) is 0 Å². The first-order valence-corrected chi connectivity index (χ1v) is 5.59. The number of rotatable bonds is 9. The average Bonchev–Trinajstić information content (AvgIpc) is 2.17. The van der Waals surface area contributed by atoms with Crippen molar-refractivity contribution in [1.29, 1.82) is 0 Å². The summed E-state index contributed by atoms with van der Waals surface area (Å²) in [5, 5.41) is 0. The van der Waals surface area contributed by atoms with Gasteiger partial charge in [-0.2, -0.15) is 0 Å². The molecule has 0 radical (unpaired) electrons. The second-order valence-corrected chi connectivity index (χ2v) is 4.08. The van der Waals surface area contributed by atoms with E-state index in [2.05, 4.69) is 11.8 Å². The second kappa shape index (κ2) is 9.09. The second-order valence-electron chi connectivity index (χ2n) is 4.08. The van der Waals surface area contributed by atoms with Crippen molar-refractivity contribution in [3.8, 4) is 0 Å². The van der Waals surface area contributed by atoms with Crippen molar-refractivity contribution in [2.75, 3.05) is 40.5 Å². The Kier molecular flexibility index (Phi) is 9.00. The number of nitrogens with zero attached hydrogens (tertiary/aromatic N) is 1. The molecule has 92 valence electrons. The zero-order valence-corrected chi connectivity index (χ0v) is 10.5. The lowest BCUT2D eigenvalue weighted by molar-refractivity contribution is 0.0878. The standard InChI is InChI=1S/C11H26N2O2/c1-10(12)9-11(2)13(5-7-14-3)6-8-15-4/h10-11H,5-9,12H2,1-4H3. The summed E-state index contributed by atoms with van der Waals surface area (Å²) in [6.45, 7) is 7.64. The van der Waals surface area contributed by atoms with Crippen LogP contribution in [0.1, 0.15) is 20.3 Å². The molecule has 2 N–H and O–H groups in total. The SMILES string of the molecule is COCCN(CCOC)C(C)CC(C)N. The third-order valence-electron chi connectivity index (χ3n) is 2.50. The predicted octanol–water partition coefficient (Wildman–Crippen LogP) is 0.707. The molecule has 0 spiro atoms. The van der Waals surface area contributed by atoms with E-state index < -0.39 is 0 Å². The number of hydrogen-bond acceptors (Lipinski definition) is 4. The Morgan fingerprint density at radius 2 is 1.53 bits per heavy atom. The number of hydrogen-bond donors (Lipinski definition) is 1. The lowest BCUT2D eigenvalue weighted by Crippen LogP contribution is -2.40. The summed E-state index contributed by atoms with van der Waals surface area (Å²) in [6, 6.07) is 0.725. The Morgan fingerprint density at radius 3 is 1.87 bits per heavy atom. The molecule has 0 aliphatic carbocycles. The summed E-state index contributed by atoms with van der Waals surface area (Å²) in [6.07, 6.45) is 1.01. The number of ether oxygens (including phenoxy) is 2. The van der Waals surface area contributed by atoms with Crippen molar-refractivity contribution < 1.29 is 9.47 Å². The highest BCUT2D eigenvalue weighted by Crippen LogP contribution is 2.05. The van der Waals surface area contributed by atoms with Crippen LogP contribution in [0.25, 0.3) is 0 Å². The van der Waals surface area contributed by atoms with Gasteiger partial charge in [0.05, 0.1) is 13.2 Å². The van der Waals surface area contributed by atoms with Gasteiger partial charge in [0.15, 0.2) is 0 Å². The number of nitrogens with two attached hydrogens (primary N) is 1. The normalized spacial score (nSPS) is 15.6. The monoisotopic (exact) mass is 218 g/mol.